The Labute approximate surface area is 101 Å². The van der Waals surface area contributed by atoms with Crippen LogP contribution in [0.3, 0.4) is 0 Å². The molecule has 1 aliphatic heterocycles. The fraction of sp³-hybridized carbons (Fsp3) is 0.333. The first-order chi connectivity index (χ1) is 7.66. The average molecular weight is 279 g/mol. The molecule has 0 bridgehead atoms. The highest BCUT2D eigenvalue weighted by Crippen LogP contribution is 2.23. The van der Waals surface area contributed by atoms with Crippen LogP contribution in [0.1, 0.15) is 17.8 Å². The van der Waals surface area contributed by atoms with Crippen molar-refractivity contribution in [2.24, 2.45) is 0 Å². The molecule has 1 aromatic carbocycles. The van der Waals surface area contributed by atoms with Gasteiger partial charge < -0.3 is 0 Å². The first-order valence-electron chi connectivity index (χ1n) is 5.36. The summed E-state index contributed by atoms with van der Waals surface area (Å²) >= 11 is 3.48. The van der Waals surface area contributed by atoms with Gasteiger partial charge in [-0.2, -0.15) is 0 Å². The highest BCUT2D eigenvalue weighted by Gasteiger charge is 2.17. The van der Waals surface area contributed by atoms with Crippen molar-refractivity contribution in [3.63, 3.8) is 0 Å². The predicted octanol–water partition coefficient (Wildman–Crippen LogP) is 2.41. The summed E-state index contributed by atoms with van der Waals surface area (Å²) in [4.78, 5) is 16.8. The maximum Gasteiger partial charge on any atom is 0.261 e. The third kappa shape index (κ3) is 1.33. The van der Waals surface area contributed by atoms with Crippen LogP contribution >= 0.6 is 15.9 Å². The van der Waals surface area contributed by atoms with Gasteiger partial charge in [-0.3, -0.25) is 9.36 Å². The molecule has 0 N–H and O–H groups in total. The number of aromatic nitrogens is 2. The molecule has 0 amide bonds. The molecule has 3 rings (SSSR count). The van der Waals surface area contributed by atoms with Gasteiger partial charge in [0.15, 0.2) is 0 Å². The normalized spacial score (nSPS) is 14.4. The highest BCUT2D eigenvalue weighted by atomic mass is 79.9. The molecular formula is C12H11BrN2O. The fourth-order valence-electron chi connectivity index (χ4n) is 2.28. The lowest BCUT2D eigenvalue weighted by Gasteiger charge is -2.07. The molecule has 2 aromatic rings. The van der Waals surface area contributed by atoms with Gasteiger partial charge in [-0.15, -0.1) is 0 Å². The zero-order chi connectivity index (χ0) is 11.3. The quantitative estimate of drug-likeness (QED) is 0.742. The van der Waals surface area contributed by atoms with Crippen LogP contribution in [0.25, 0.3) is 10.9 Å². The number of benzene rings is 1. The molecular weight excluding hydrogens is 268 g/mol. The van der Waals surface area contributed by atoms with E-state index in [2.05, 4.69) is 20.9 Å². The molecule has 0 radical (unpaired) electrons. The van der Waals surface area contributed by atoms with Crippen molar-refractivity contribution in [3.8, 4) is 0 Å². The van der Waals surface area contributed by atoms with E-state index < -0.39 is 0 Å². The van der Waals surface area contributed by atoms with Crippen LogP contribution < -0.4 is 5.56 Å². The van der Waals surface area contributed by atoms with Gasteiger partial charge in [0.05, 0.1) is 10.9 Å². The standard InChI is InChI=1S/C12H11BrN2O/c1-7-5-8-11(9(13)6-7)14-10-3-2-4-15(10)12(8)16/h5-6H,2-4H2,1H3. The van der Waals surface area contributed by atoms with Gasteiger partial charge in [-0.05, 0) is 47.0 Å². The van der Waals surface area contributed by atoms with Crippen LogP contribution in [0.5, 0.6) is 0 Å². The molecule has 0 aliphatic carbocycles. The molecule has 82 valence electrons. The largest absolute Gasteiger partial charge is 0.296 e. The zero-order valence-corrected chi connectivity index (χ0v) is 10.5. The van der Waals surface area contributed by atoms with Crippen molar-refractivity contribution in [1.29, 1.82) is 0 Å². The van der Waals surface area contributed by atoms with Crippen LogP contribution in [0.15, 0.2) is 21.4 Å². The van der Waals surface area contributed by atoms with Gasteiger partial charge in [-0.25, -0.2) is 4.98 Å². The lowest BCUT2D eigenvalue weighted by molar-refractivity contribution is 0.719. The molecule has 1 aromatic heterocycles. The molecule has 0 spiro atoms. The molecule has 0 unspecified atom stereocenters. The number of aryl methyl sites for hydroxylation is 2. The summed E-state index contributed by atoms with van der Waals surface area (Å²) in [5, 5.41) is 0.720. The second-order valence-electron chi connectivity index (χ2n) is 4.23. The van der Waals surface area contributed by atoms with Gasteiger partial charge in [0.25, 0.3) is 5.56 Å². The summed E-state index contributed by atoms with van der Waals surface area (Å²) in [6.45, 7) is 2.80. The zero-order valence-electron chi connectivity index (χ0n) is 8.96. The van der Waals surface area contributed by atoms with Crippen molar-refractivity contribution < 1.29 is 0 Å². The molecule has 16 heavy (non-hydrogen) atoms. The molecule has 4 heteroatoms. The number of nitrogens with zero attached hydrogens (tertiary/aromatic N) is 2. The highest BCUT2D eigenvalue weighted by molar-refractivity contribution is 9.10. The lowest BCUT2D eigenvalue weighted by atomic mass is 10.1. The van der Waals surface area contributed by atoms with E-state index in [1.54, 1.807) is 4.57 Å². The third-order valence-electron chi connectivity index (χ3n) is 3.02. The predicted molar refractivity (Wildman–Crippen MR) is 66.8 cm³/mol. The average Bonchev–Trinajstić information content (AvgIpc) is 2.68. The summed E-state index contributed by atoms with van der Waals surface area (Å²) in [7, 11) is 0. The third-order valence-corrected chi connectivity index (χ3v) is 3.62. The summed E-state index contributed by atoms with van der Waals surface area (Å²) < 4.78 is 2.71. The fourth-order valence-corrected chi connectivity index (χ4v) is 2.94. The van der Waals surface area contributed by atoms with Gasteiger partial charge in [0, 0.05) is 17.4 Å². The Morgan fingerprint density at radius 1 is 1.44 bits per heavy atom. The summed E-state index contributed by atoms with van der Waals surface area (Å²) in [6.07, 6.45) is 1.93. The van der Waals surface area contributed by atoms with Crippen LogP contribution in [0.2, 0.25) is 0 Å². The van der Waals surface area contributed by atoms with Crippen molar-refractivity contribution in [1.82, 2.24) is 9.55 Å². The number of rotatable bonds is 0. The Bertz CT molecular complexity index is 645. The summed E-state index contributed by atoms with van der Waals surface area (Å²) in [5.74, 6) is 0.919. The van der Waals surface area contributed by atoms with Gasteiger partial charge in [-0.1, -0.05) is 0 Å². The van der Waals surface area contributed by atoms with Crippen LogP contribution in [-0.2, 0) is 13.0 Å². The molecule has 2 heterocycles. The Morgan fingerprint density at radius 2 is 2.25 bits per heavy atom. The maximum absolute atomic E-state index is 12.2. The minimum Gasteiger partial charge on any atom is -0.296 e. The van der Waals surface area contributed by atoms with Gasteiger partial charge in [0.2, 0.25) is 0 Å². The number of halogens is 1. The maximum atomic E-state index is 12.2. The van der Waals surface area contributed by atoms with E-state index in [9.17, 15) is 4.79 Å². The van der Waals surface area contributed by atoms with Crippen molar-refractivity contribution in [2.75, 3.05) is 0 Å². The second-order valence-corrected chi connectivity index (χ2v) is 5.09. The molecule has 3 nitrogen and oxygen atoms in total. The monoisotopic (exact) mass is 278 g/mol. The van der Waals surface area contributed by atoms with E-state index in [-0.39, 0.29) is 5.56 Å². The Balaban J connectivity index is 2.51. The second kappa shape index (κ2) is 3.42. The Morgan fingerprint density at radius 3 is 3.06 bits per heavy atom. The van der Waals surface area contributed by atoms with Crippen LogP contribution in [0, 0.1) is 6.92 Å². The van der Waals surface area contributed by atoms with Gasteiger partial charge >= 0.3 is 0 Å². The summed E-state index contributed by atoms with van der Waals surface area (Å²) in [6, 6.07) is 3.92. The first kappa shape index (κ1) is 10.0. The topological polar surface area (TPSA) is 34.9 Å². The molecule has 0 saturated carbocycles. The number of hydrogen-bond acceptors (Lipinski definition) is 2. The molecule has 0 fully saturated rings. The minimum absolute atomic E-state index is 0.0990. The van der Waals surface area contributed by atoms with E-state index in [1.807, 2.05) is 19.1 Å². The van der Waals surface area contributed by atoms with Gasteiger partial charge in [0.1, 0.15) is 5.82 Å². The molecule has 1 aliphatic rings. The SMILES string of the molecule is Cc1cc(Br)c2nc3n(c(=O)c2c1)CCC3. The van der Waals surface area contributed by atoms with E-state index in [1.165, 1.54) is 0 Å². The van der Waals surface area contributed by atoms with Crippen molar-refractivity contribution in [2.45, 2.75) is 26.3 Å². The molecule has 0 atom stereocenters. The number of fused-ring (bicyclic) bond motifs is 2. The van der Waals surface area contributed by atoms with Crippen molar-refractivity contribution >= 4 is 26.8 Å². The molecule has 0 saturated heterocycles. The Kier molecular flexibility index (Phi) is 2.14. The van der Waals surface area contributed by atoms with Crippen LogP contribution in [-0.4, -0.2) is 9.55 Å². The smallest absolute Gasteiger partial charge is 0.261 e. The van der Waals surface area contributed by atoms with E-state index >= 15 is 0 Å². The number of hydrogen-bond donors (Lipinski definition) is 0. The van der Waals surface area contributed by atoms with Crippen LogP contribution in [0.4, 0.5) is 0 Å². The van der Waals surface area contributed by atoms with E-state index in [4.69, 9.17) is 0 Å². The lowest BCUT2D eigenvalue weighted by Crippen LogP contribution is -2.21. The summed E-state index contributed by atoms with van der Waals surface area (Å²) in [5.41, 5.74) is 1.97. The minimum atomic E-state index is 0.0990. The van der Waals surface area contributed by atoms with Crippen molar-refractivity contribution in [3.05, 3.63) is 38.3 Å². The first-order valence-corrected chi connectivity index (χ1v) is 6.16. The van der Waals surface area contributed by atoms with E-state index in [0.717, 1.165) is 46.1 Å². The van der Waals surface area contributed by atoms with E-state index in [0.29, 0.717) is 0 Å². The Hall–Kier alpha value is -1.16.